The molecule has 0 saturated carbocycles. The van der Waals surface area contributed by atoms with Crippen molar-refractivity contribution >= 4 is 0 Å². The third kappa shape index (κ3) is 6.25. The average Bonchev–Trinajstić information content (AvgIpc) is 2.35. The highest BCUT2D eigenvalue weighted by atomic mass is 15.1. The molecule has 1 rings (SSSR count). The Bertz CT molecular complexity index is 319. The second-order valence-electron chi connectivity index (χ2n) is 4.50. The van der Waals surface area contributed by atoms with Gasteiger partial charge in [-0.15, -0.1) is 0 Å². The van der Waals surface area contributed by atoms with E-state index in [1.807, 2.05) is 0 Å². The maximum atomic E-state index is 3.98. The molecular weight excluding hydrogens is 208 g/mol. The molecule has 0 amide bonds. The highest BCUT2D eigenvalue weighted by Crippen LogP contribution is 2.01. The van der Waals surface area contributed by atoms with E-state index in [9.17, 15) is 0 Å². The zero-order chi connectivity index (χ0) is 12.5. The molecule has 1 aromatic carbocycles. The zero-order valence-electron chi connectivity index (χ0n) is 11.1. The quantitative estimate of drug-likeness (QED) is 0.547. The molecule has 0 aromatic heterocycles. The van der Waals surface area contributed by atoms with Gasteiger partial charge in [-0.2, -0.15) is 0 Å². The molecule has 1 N–H and O–H groups in total. The fourth-order valence-electron chi connectivity index (χ4n) is 1.63. The molecule has 0 bridgehead atoms. The van der Waals surface area contributed by atoms with Crippen LogP contribution in [0.15, 0.2) is 42.5 Å². The first-order chi connectivity index (χ1) is 8.22. The van der Waals surface area contributed by atoms with Gasteiger partial charge in [0.2, 0.25) is 0 Å². The number of nitrogens with one attached hydrogen (secondary N) is 1. The average molecular weight is 232 g/mol. The summed E-state index contributed by atoms with van der Waals surface area (Å²) in [7, 11) is 2.16. The number of rotatable bonds is 8. The van der Waals surface area contributed by atoms with Crippen LogP contribution in [0.2, 0.25) is 0 Å². The first-order valence-electron chi connectivity index (χ1n) is 6.32. The van der Waals surface area contributed by atoms with E-state index in [1.54, 1.807) is 0 Å². The number of hydrogen-bond donors (Lipinski definition) is 1. The first-order valence-corrected chi connectivity index (χ1v) is 6.32. The fraction of sp³-hybridized carbons (Fsp3) is 0.467. The smallest absolute Gasteiger partial charge is 0.0231 e. The Morgan fingerprint density at radius 2 is 2.00 bits per heavy atom. The van der Waals surface area contributed by atoms with E-state index in [0.29, 0.717) is 0 Å². The molecule has 0 heterocycles. The topological polar surface area (TPSA) is 15.3 Å². The molecule has 94 valence electrons. The summed E-state index contributed by atoms with van der Waals surface area (Å²) in [4.78, 5) is 2.33. The molecule has 0 atom stereocenters. The molecule has 2 heteroatoms. The molecule has 0 spiro atoms. The Labute approximate surface area is 105 Å². The van der Waals surface area contributed by atoms with Crippen molar-refractivity contribution in [2.24, 2.45) is 0 Å². The van der Waals surface area contributed by atoms with Crippen molar-refractivity contribution in [2.75, 3.05) is 26.7 Å². The van der Waals surface area contributed by atoms with Gasteiger partial charge < -0.3 is 10.2 Å². The van der Waals surface area contributed by atoms with Crippen molar-refractivity contribution in [3.63, 3.8) is 0 Å². The highest BCUT2D eigenvalue weighted by molar-refractivity contribution is 5.14. The molecule has 1 aromatic rings. The summed E-state index contributed by atoms with van der Waals surface area (Å²) in [6.07, 6.45) is 1.06. The molecule has 0 fully saturated rings. The summed E-state index contributed by atoms with van der Waals surface area (Å²) >= 11 is 0. The number of nitrogens with zero attached hydrogens (tertiary/aromatic N) is 1. The normalized spacial score (nSPS) is 10.8. The van der Waals surface area contributed by atoms with Gasteiger partial charge in [-0.3, -0.25) is 0 Å². The maximum absolute atomic E-state index is 3.98. The van der Waals surface area contributed by atoms with E-state index in [-0.39, 0.29) is 0 Å². The van der Waals surface area contributed by atoms with Gasteiger partial charge in [0.15, 0.2) is 0 Å². The van der Waals surface area contributed by atoms with Crippen LogP contribution in [0, 0.1) is 0 Å². The van der Waals surface area contributed by atoms with Gasteiger partial charge in [-0.05, 0) is 19.0 Å². The maximum Gasteiger partial charge on any atom is 0.0231 e. The molecule has 0 aliphatic rings. The molecule has 2 nitrogen and oxygen atoms in total. The molecule has 0 saturated heterocycles. The van der Waals surface area contributed by atoms with Crippen LogP contribution in [-0.4, -0.2) is 31.6 Å². The van der Waals surface area contributed by atoms with E-state index >= 15 is 0 Å². The van der Waals surface area contributed by atoms with Crippen molar-refractivity contribution in [1.29, 1.82) is 0 Å². The van der Waals surface area contributed by atoms with Crippen molar-refractivity contribution in [2.45, 2.75) is 19.9 Å². The van der Waals surface area contributed by atoms with E-state index in [4.69, 9.17) is 0 Å². The van der Waals surface area contributed by atoms with Crippen LogP contribution in [0.1, 0.15) is 18.9 Å². The van der Waals surface area contributed by atoms with Crippen LogP contribution >= 0.6 is 0 Å². The number of benzene rings is 1. The first kappa shape index (κ1) is 13.9. The Morgan fingerprint density at radius 1 is 1.29 bits per heavy atom. The minimum absolute atomic E-state index is 0.940. The summed E-state index contributed by atoms with van der Waals surface area (Å²) < 4.78 is 0. The zero-order valence-corrected chi connectivity index (χ0v) is 11.1. The van der Waals surface area contributed by atoms with Gasteiger partial charge >= 0.3 is 0 Å². The SMILES string of the molecule is C=C(CC)CNCCN(C)Cc1ccccc1. The largest absolute Gasteiger partial charge is 0.312 e. The Balaban J connectivity index is 2.13. The van der Waals surface area contributed by atoms with Gasteiger partial charge in [-0.25, -0.2) is 0 Å². The Kier molecular flexibility index (Phi) is 6.60. The molecule has 0 aliphatic carbocycles. The molecule has 0 unspecified atom stereocenters. The summed E-state index contributed by atoms with van der Waals surface area (Å²) in [6.45, 7) is 10.2. The van der Waals surface area contributed by atoms with Crippen LogP contribution in [-0.2, 0) is 6.54 Å². The van der Waals surface area contributed by atoms with Gasteiger partial charge in [0, 0.05) is 26.2 Å². The van der Waals surface area contributed by atoms with Crippen molar-refractivity contribution in [3.05, 3.63) is 48.0 Å². The van der Waals surface area contributed by atoms with Gasteiger partial charge in [-0.1, -0.05) is 49.4 Å². The fourth-order valence-corrected chi connectivity index (χ4v) is 1.63. The van der Waals surface area contributed by atoms with E-state index < -0.39 is 0 Å². The summed E-state index contributed by atoms with van der Waals surface area (Å²) in [5, 5.41) is 3.41. The van der Waals surface area contributed by atoms with E-state index in [2.05, 4.69) is 61.1 Å². The van der Waals surface area contributed by atoms with Crippen molar-refractivity contribution in [3.8, 4) is 0 Å². The number of hydrogen-bond acceptors (Lipinski definition) is 2. The van der Waals surface area contributed by atoms with Gasteiger partial charge in [0.05, 0.1) is 0 Å². The summed E-state index contributed by atoms with van der Waals surface area (Å²) in [5.41, 5.74) is 2.64. The third-order valence-corrected chi connectivity index (χ3v) is 2.84. The molecule has 0 radical (unpaired) electrons. The van der Waals surface area contributed by atoms with Gasteiger partial charge in [0.1, 0.15) is 0 Å². The predicted molar refractivity (Wildman–Crippen MR) is 75.1 cm³/mol. The van der Waals surface area contributed by atoms with Crippen molar-refractivity contribution < 1.29 is 0 Å². The van der Waals surface area contributed by atoms with Crippen LogP contribution in [0.3, 0.4) is 0 Å². The molecule has 0 aliphatic heterocycles. The van der Waals surface area contributed by atoms with E-state index in [1.165, 1.54) is 11.1 Å². The van der Waals surface area contributed by atoms with E-state index in [0.717, 1.165) is 32.6 Å². The Hall–Kier alpha value is -1.12. The lowest BCUT2D eigenvalue weighted by molar-refractivity contribution is 0.326. The lowest BCUT2D eigenvalue weighted by atomic mass is 10.2. The third-order valence-electron chi connectivity index (χ3n) is 2.84. The van der Waals surface area contributed by atoms with Crippen LogP contribution in [0.25, 0.3) is 0 Å². The Morgan fingerprint density at radius 3 is 2.65 bits per heavy atom. The second kappa shape index (κ2) is 8.04. The predicted octanol–water partition coefficient (Wildman–Crippen LogP) is 2.67. The summed E-state index contributed by atoms with van der Waals surface area (Å²) in [6, 6.07) is 10.6. The van der Waals surface area contributed by atoms with Crippen LogP contribution < -0.4 is 5.32 Å². The minimum atomic E-state index is 0.940. The lowest BCUT2D eigenvalue weighted by Crippen LogP contribution is -2.29. The van der Waals surface area contributed by atoms with Crippen molar-refractivity contribution in [1.82, 2.24) is 10.2 Å². The van der Waals surface area contributed by atoms with Gasteiger partial charge in [0.25, 0.3) is 0 Å². The van der Waals surface area contributed by atoms with Crippen LogP contribution in [0.4, 0.5) is 0 Å². The summed E-state index contributed by atoms with van der Waals surface area (Å²) in [5.74, 6) is 0. The monoisotopic (exact) mass is 232 g/mol. The second-order valence-corrected chi connectivity index (χ2v) is 4.50. The molecule has 17 heavy (non-hydrogen) atoms. The number of likely N-dealkylation sites (N-methyl/N-ethyl adjacent to an activating group) is 1. The minimum Gasteiger partial charge on any atom is -0.312 e. The highest BCUT2D eigenvalue weighted by Gasteiger charge is 1.99. The molecular formula is C15H24N2. The lowest BCUT2D eigenvalue weighted by Gasteiger charge is -2.17. The standard InChI is InChI=1S/C15H24N2/c1-4-14(2)12-16-10-11-17(3)13-15-8-6-5-7-9-15/h5-9,16H,2,4,10-13H2,1,3H3. The van der Waals surface area contributed by atoms with Crippen LogP contribution in [0.5, 0.6) is 0 Å².